The van der Waals surface area contributed by atoms with Crippen LogP contribution in [0.15, 0.2) is 18.2 Å². The lowest BCUT2D eigenvalue weighted by atomic mass is 9.72. The highest BCUT2D eigenvalue weighted by Gasteiger charge is 2.49. The van der Waals surface area contributed by atoms with Crippen molar-refractivity contribution in [3.63, 3.8) is 0 Å². The van der Waals surface area contributed by atoms with Gasteiger partial charge < -0.3 is 5.11 Å². The molecule has 2 amide bonds. The third kappa shape index (κ3) is 3.18. The molecular formula is C15H17ClINO3. The van der Waals surface area contributed by atoms with Gasteiger partial charge in [0.25, 0.3) is 0 Å². The van der Waals surface area contributed by atoms with Gasteiger partial charge in [-0.15, -0.1) is 0 Å². The van der Waals surface area contributed by atoms with E-state index in [2.05, 4.69) is 22.6 Å². The number of hydrogen-bond donors (Lipinski definition) is 1. The van der Waals surface area contributed by atoms with E-state index in [1.165, 1.54) is 0 Å². The second-order valence-electron chi connectivity index (χ2n) is 6.36. The first-order chi connectivity index (χ1) is 9.62. The zero-order chi connectivity index (χ0) is 15.9. The SMILES string of the molecule is CC(C)(C)C1C(=O)N(C(=O)O)C[C@H]1c1ccc(Cl)c(I)c1. The van der Waals surface area contributed by atoms with Crippen molar-refractivity contribution in [1.82, 2.24) is 4.90 Å². The van der Waals surface area contributed by atoms with Gasteiger partial charge in [0.2, 0.25) is 5.91 Å². The third-order valence-corrected chi connectivity index (χ3v) is 5.39. The molecule has 1 N–H and O–H groups in total. The first kappa shape index (κ1) is 16.5. The number of carbonyl (C=O) groups is 2. The van der Waals surface area contributed by atoms with Crippen molar-refractivity contribution < 1.29 is 14.7 Å². The lowest BCUT2D eigenvalue weighted by Gasteiger charge is -2.30. The van der Waals surface area contributed by atoms with Gasteiger partial charge in [0.05, 0.1) is 10.9 Å². The molecule has 0 aliphatic carbocycles. The van der Waals surface area contributed by atoms with E-state index >= 15 is 0 Å². The number of carboxylic acid groups (broad SMARTS) is 1. The van der Waals surface area contributed by atoms with E-state index < -0.39 is 6.09 Å². The highest BCUT2D eigenvalue weighted by Crippen LogP contribution is 2.44. The lowest BCUT2D eigenvalue weighted by Crippen LogP contribution is -2.36. The van der Waals surface area contributed by atoms with Crippen LogP contribution in [0.3, 0.4) is 0 Å². The number of amides is 2. The minimum atomic E-state index is -1.18. The Hall–Kier alpha value is -0.820. The highest BCUT2D eigenvalue weighted by atomic mass is 127. The van der Waals surface area contributed by atoms with Gasteiger partial charge in [0, 0.05) is 16.0 Å². The monoisotopic (exact) mass is 421 g/mol. The predicted octanol–water partition coefficient (Wildman–Crippen LogP) is 4.21. The average Bonchev–Trinajstić information content (AvgIpc) is 2.70. The fourth-order valence-corrected chi connectivity index (χ4v) is 3.58. The number of halogens is 2. The van der Waals surface area contributed by atoms with E-state index in [-0.39, 0.29) is 29.7 Å². The van der Waals surface area contributed by atoms with Gasteiger partial charge in [-0.2, -0.15) is 0 Å². The fraction of sp³-hybridized carbons (Fsp3) is 0.467. The second-order valence-corrected chi connectivity index (χ2v) is 7.92. The van der Waals surface area contributed by atoms with Gasteiger partial charge >= 0.3 is 6.09 Å². The summed E-state index contributed by atoms with van der Waals surface area (Å²) in [5.41, 5.74) is 0.651. The molecule has 0 bridgehead atoms. The molecule has 0 spiro atoms. The van der Waals surface area contributed by atoms with Crippen LogP contribution in [0.5, 0.6) is 0 Å². The van der Waals surface area contributed by atoms with Crippen LogP contribution in [0.4, 0.5) is 4.79 Å². The molecule has 1 aliphatic rings. The van der Waals surface area contributed by atoms with Crippen LogP contribution in [0.1, 0.15) is 32.3 Å². The third-order valence-electron chi connectivity index (χ3n) is 3.85. The molecule has 0 radical (unpaired) electrons. The van der Waals surface area contributed by atoms with E-state index in [4.69, 9.17) is 11.6 Å². The van der Waals surface area contributed by atoms with Crippen LogP contribution < -0.4 is 0 Å². The van der Waals surface area contributed by atoms with Crippen LogP contribution in [0.25, 0.3) is 0 Å². The highest BCUT2D eigenvalue weighted by molar-refractivity contribution is 14.1. The van der Waals surface area contributed by atoms with Gasteiger partial charge in [-0.05, 0) is 45.7 Å². The summed E-state index contributed by atoms with van der Waals surface area (Å²) in [5, 5.41) is 9.87. The molecule has 2 rings (SSSR count). The molecule has 2 atom stereocenters. The van der Waals surface area contributed by atoms with E-state index in [1.54, 1.807) is 6.07 Å². The summed E-state index contributed by atoms with van der Waals surface area (Å²) in [6, 6.07) is 5.61. The zero-order valence-corrected chi connectivity index (χ0v) is 15.0. The molecule has 21 heavy (non-hydrogen) atoms. The molecule has 1 unspecified atom stereocenters. The van der Waals surface area contributed by atoms with Crippen LogP contribution >= 0.6 is 34.2 Å². The quantitative estimate of drug-likeness (QED) is 0.691. The number of likely N-dealkylation sites (tertiary alicyclic amines) is 1. The molecule has 0 aromatic heterocycles. The summed E-state index contributed by atoms with van der Waals surface area (Å²) in [4.78, 5) is 24.6. The van der Waals surface area contributed by atoms with Gasteiger partial charge in [-0.1, -0.05) is 38.4 Å². The molecule has 1 aromatic rings. The summed E-state index contributed by atoms with van der Waals surface area (Å²) in [6.07, 6.45) is -1.18. The molecule has 1 heterocycles. The smallest absolute Gasteiger partial charge is 0.414 e. The Bertz CT molecular complexity index is 597. The first-order valence-electron chi connectivity index (χ1n) is 6.62. The summed E-state index contributed by atoms with van der Waals surface area (Å²) >= 11 is 8.18. The van der Waals surface area contributed by atoms with Gasteiger partial charge in [0.1, 0.15) is 0 Å². The van der Waals surface area contributed by atoms with Crippen molar-refractivity contribution >= 4 is 46.2 Å². The molecular weight excluding hydrogens is 405 g/mol. The molecule has 6 heteroatoms. The minimum Gasteiger partial charge on any atom is -0.465 e. The van der Waals surface area contributed by atoms with E-state index in [1.807, 2.05) is 32.9 Å². The van der Waals surface area contributed by atoms with Gasteiger partial charge in [0.15, 0.2) is 0 Å². The molecule has 1 fully saturated rings. The molecule has 1 aromatic carbocycles. The van der Waals surface area contributed by atoms with Crippen molar-refractivity contribution in [3.05, 3.63) is 32.4 Å². The number of imide groups is 1. The largest absolute Gasteiger partial charge is 0.465 e. The Kier molecular flexibility index (Phi) is 4.54. The number of carbonyl (C=O) groups excluding carboxylic acids is 1. The predicted molar refractivity (Wildman–Crippen MR) is 89.6 cm³/mol. The van der Waals surface area contributed by atoms with Gasteiger partial charge in [-0.25, -0.2) is 9.69 Å². The van der Waals surface area contributed by atoms with Crippen molar-refractivity contribution in [2.45, 2.75) is 26.7 Å². The molecule has 4 nitrogen and oxygen atoms in total. The van der Waals surface area contributed by atoms with Crippen LogP contribution in [-0.2, 0) is 4.79 Å². The van der Waals surface area contributed by atoms with Crippen LogP contribution in [0, 0.1) is 14.9 Å². The van der Waals surface area contributed by atoms with Crippen molar-refractivity contribution in [2.75, 3.05) is 6.54 Å². The minimum absolute atomic E-state index is 0.139. The maximum Gasteiger partial charge on any atom is 0.414 e. The van der Waals surface area contributed by atoms with E-state index in [9.17, 15) is 14.7 Å². The Morgan fingerprint density at radius 1 is 1.43 bits per heavy atom. The fourth-order valence-electron chi connectivity index (χ4n) is 2.92. The van der Waals surface area contributed by atoms with E-state index in [0.717, 1.165) is 14.0 Å². The molecule has 114 valence electrons. The number of benzene rings is 1. The molecule has 1 aliphatic heterocycles. The number of rotatable bonds is 1. The summed E-state index contributed by atoms with van der Waals surface area (Å²) < 4.78 is 0.903. The topological polar surface area (TPSA) is 57.6 Å². The maximum atomic E-state index is 12.4. The second kappa shape index (κ2) is 5.76. The normalized spacial score (nSPS) is 22.7. The van der Waals surface area contributed by atoms with Crippen molar-refractivity contribution in [1.29, 1.82) is 0 Å². The van der Waals surface area contributed by atoms with Gasteiger partial charge in [-0.3, -0.25) is 4.79 Å². The van der Waals surface area contributed by atoms with Crippen LogP contribution in [0.2, 0.25) is 5.02 Å². The number of nitrogens with zero attached hydrogens (tertiary/aromatic N) is 1. The molecule has 0 saturated carbocycles. The Labute approximate surface area is 142 Å². The summed E-state index contributed by atoms with van der Waals surface area (Å²) in [7, 11) is 0. The van der Waals surface area contributed by atoms with E-state index in [0.29, 0.717) is 5.02 Å². The Morgan fingerprint density at radius 3 is 2.52 bits per heavy atom. The summed E-state index contributed by atoms with van der Waals surface area (Å²) in [5.74, 6) is -0.810. The lowest BCUT2D eigenvalue weighted by molar-refractivity contribution is -0.132. The standard InChI is InChI=1S/C15H17ClINO3/c1-15(2,3)12-9(7-18(13(12)19)14(20)21)8-4-5-10(16)11(17)6-8/h4-6,9,12H,7H2,1-3H3,(H,20,21)/t9-,12?/m0/s1. The molecule has 1 saturated heterocycles. The maximum absolute atomic E-state index is 12.4. The zero-order valence-electron chi connectivity index (χ0n) is 12.1. The van der Waals surface area contributed by atoms with Crippen molar-refractivity contribution in [2.24, 2.45) is 11.3 Å². The average molecular weight is 422 g/mol. The van der Waals surface area contributed by atoms with Crippen LogP contribution in [-0.4, -0.2) is 28.6 Å². The van der Waals surface area contributed by atoms with Crippen molar-refractivity contribution in [3.8, 4) is 0 Å². The first-order valence-corrected chi connectivity index (χ1v) is 8.08. The Balaban J connectivity index is 2.46. The number of hydrogen-bond acceptors (Lipinski definition) is 2. The summed E-state index contributed by atoms with van der Waals surface area (Å²) in [6.45, 7) is 6.10. The Morgan fingerprint density at radius 2 is 2.05 bits per heavy atom.